The highest BCUT2D eigenvalue weighted by Gasteiger charge is 2.33. The average Bonchev–Trinajstić information content (AvgIpc) is 2.42. The number of carbonyl (C=O) groups is 1. The molecule has 1 amide bonds. The van der Waals surface area contributed by atoms with Gasteiger partial charge in [0.15, 0.2) is 0 Å². The Hall–Kier alpha value is -2.28. The monoisotopic (exact) mass is 332 g/mol. The number of hydrogen-bond donors (Lipinski definition) is 2. The minimum Gasteiger partial charge on any atom is -0.399 e. The van der Waals surface area contributed by atoms with Gasteiger partial charge in [0, 0.05) is 11.3 Å². The van der Waals surface area contributed by atoms with Crippen LogP contribution in [-0.4, -0.2) is 5.91 Å². The summed E-state index contributed by atoms with van der Waals surface area (Å²) in [5.74, 6) is -1.67. The number of alkyl halides is 3. The Balaban J connectivity index is 2.32. The molecule has 22 heavy (non-hydrogen) atoms. The highest BCUT2D eigenvalue weighted by Crippen LogP contribution is 2.35. The van der Waals surface area contributed by atoms with E-state index in [1.165, 1.54) is 6.07 Å². The summed E-state index contributed by atoms with van der Waals surface area (Å²) in [6, 6.07) is 6.14. The fourth-order valence-corrected chi connectivity index (χ4v) is 1.94. The molecule has 3 N–H and O–H groups in total. The predicted molar refractivity (Wildman–Crippen MR) is 75.2 cm³/mol. The highest BCUT2D eigenvalue weighted by molar-refractivity contribution is 6.31. The van der Waals surface area contributed by atoms with E-state index in [-0.39, 0.29) is 16.9 Å². The predicted octanol–water partition coefficient (Wildman–Crippen LogP) is 4.33. The summed E-state index contributed by atoms with van der Waals surface area (Å²) in [5.41, 5.74) is 3.98. The fraction of sp³-hybridized carbons (Fsp3) is 0.0714. The molecule has 2 rings (SSSR count). The van der Waals surface area contributed by atoms with Crippen molar-refractivity contribution in [3.8, 4) is 0 Å². The van der Waals surface area contributed by atoms with E-state index in [0.717, 1.165) is 24.3 Å². The summed E-state index contributed by atoms with van der Waals surface area (Å²) in [4.78, 5) is 11.9. The van der Waals surface area contributed by atoms with Gasteiger partial charge in [-0.2, -0.15) is 13.2 Å². The van der Waals surface area contributed by atoms with Crippen molar-refractivity contribution in [1.29, 1.82) is 0 Å². The molecule has 0 saturated heterocycles. The summed E-state index contributed by atoms with van der Waals surface area (Å²) in [7, 11) is 0. The second kappa shape index (κ2) is 5.84. The maximum Gasteiger partial charge on any atom is 0.417 e. The van der Waals surface area contributed by atoms with Gasteiger partial charge in [-0.1, -0.05) is 11.6 Å². The lowest BCUT2D eigenvalue weighted by Crippen LogP contribution is -2.15. The molecule has 2 aromatic carbocycles. The lowest BCUT2D eigenvalue weighted by molar-refractivity contribution is -0.137. The third-order valence-electron chi connectivity index (χ3n) is 2.77. The highest BCUT2D eigenvalue weighted by atomic mass is 35.5. The summed E-state index contributed by atoms with van der Waals surface area (Å²) in [6.45, 7) is 0. The van der Waals surface area contributed by atoms with Crippen LogP contribution in [0.3, 0.4) is 0 Å². The van der Waals surface area contributed by atoms with E-state index in [4.69, 9.17) is 17.3 Å². The topological polar surface area (TPSA) is 55.1 Å². The Morgan fingerprint density at radius 2 is 1.82 bits per heavy atom. The van der Waals surface area contributed by atoms with Crippen LogP contribution in [0, 0.1) is 5.82 Å². The van der Waals surface area contributed by atoms with Gasteiger partial charge in [-0.3, -0.25) is 4.79 Å². The molecule has 116 valence electrons. The Labute approximate surface area is 127 Å². The first-order valence-electron chi connectivity index (χ1n) is 5.91. The molecule has 0 fully saturated rings. The van der Waals surface area contributed by atoms with Gasteiger partial charge in [-0.25, -0.2) is 4.39 Å². The number of nitrogen functional groups attached to an aromatic ring is 1. The first-order valence-corrected chi connectivity index (χ1v) is 6.29. The summed E-state index contributed by atoms with van der Waals surface area (Å²) >= 11 is 5.46. The van der Waals surface area contributed by atoms with Crippen molar-refractivity contribution < 1.29 is 22.4 Å². The molecule has 0 saturated carbocycles. The first-order chi connectivity index (χ1) is 10.2. The van der Waals surface area contributed by atoms with Crippen molar-refractivity contribution in [2.45, 2.75) is 6.18 Å². The molecule has 0 aliphatic heterocycles. The van der Waals surface area contributed by atoms with Crippen molar-refractivity contribution in [1.82, 2.24) is 0 Å². The molecule has 3 nitrogen and oxygen atoms in total. The molecule has 0 spiro atoms. The number of nitrogens with one attached hydrogen (secondary N) is 1. The number of hydrogen-bond acceptors (Lipinski definition) is 2. The average molecular weight is 333 g/mol. The van der Waals surface area contributed by atoms with E-state index in [0.29, 0.717) is 6.07 Å². The van der Waals surface area contributed by atoms with E-state index in [1.54, 1.807) is 0 Å². The van der Waals surface area contributed by atoms with Crippen molar-refractivity contribution in [2.24, 2.45) is 0 Å². The second-order valence-electron chi connectivity index (χ2n) is 4.39. The molecule has 0 unspecified atom stereocenters. The molecule has 0 radical (unpaired) electrons. The summed E-state index contributed by atoms with van der Waals surface area (Å²) in [6.07, 6.45) is -4.70. The zero-order chi connectivity index (χ0) is 16.5. The van der Waals surface area contributed by atoms with Crippen LogP contribution in [0.1, 0.15) is 15.9 Å². The van der Waals surface area contributed by atoms with Gasteiger partial charge in [-0.05, 0) is 36.4 Å². The van der Waals surface area contributed by atoms with Gasteiger partial charge in [0.05, 0.1) is 16.3 Å². The Kier molecular flexibility index (Phi) is 4.27. The number of carbonyl (C=O) groups excluding carboxylic acids is 1. The number of halogens is 5. The lowest BCUT2D eigenvalue weighted by Gasteiger charge is -2.11. The standard InChI is InChI=1S/C14H9ClF4N2O/c15-10-3-1-7(5-9(10)14(17,18)19)13(22)21-12-6-8(20)2-4-11(12)16/h1-6H,20H2,(H,21,22). The van der Waals surface area contributed by atoms with Crippen LogP contribution in [0.15, 0.2) is 36.4 Å². The minimum atomic E-state index is -4.70. The number of anilines is 2. The number of amides is 1. The van der Waals surface area contributed by atoms with E-state index >= 15 is 0 Å². The summed E-state index contributed by atoms with van der Waals surface area (Å²) in [5, 5.41) is 1.63. The zero-order valence-corrected chi connectivity index (χ0v) is 11.6. The van der Waals surface area contributed by atoms with Gasteiger partial charge >= 0.3 is 6.18 Å². The van der Waals surface area contributed by atoms with Crippen LogP contribution in [0.5, 0.6) is 0 Å². The third kappa shape index (κ3) is 3.48. The van der Waals surface area contributed by atoms with Crippen molar-refractivity contribution in [3.05, 3.63) is 58.4 Å². The van der Waals surface area contributed by atoms with E-state index in [9.17, 15) is 22.4 Å². The Bertz CT molecular complexity index is 731. The Morgan fingerprint density at radius 3 is 2.45 bits per heavy atom. The van der Waals surface area contributed by atoms with Crippen LogP contribution < -0.4 is 11.1 Å². The molecule has 0 bridgehead atoms. The van der Waals surface area contributed by atoms with Crippen LogP contribution in [0.2, 0.25) is 5.02 Å². The molecule has 0 atom stereocenters. The quantitative estimate of drug-likeness (QED) is 0.635. The number of nitrogens with two attached hydrogens (primary N) is 1. The van der Waals surface area contributed by atoms with Crippen LogP contribution in [0.25, 0.3) is 0 Å². The van der Waals surface area contributed by atoms with Gasteiger partial charge in [0.25, 0.3) is 5.91 Å². The summed E-state index contributed by atoms with van der Waals surface area (Å²) < 4.78 is 51.7. The molecule has 0 aliphatic rings. The molecular weight excluding hydrogens is 324 g/mol. The lowest BCUT2D eigenvalue weighted by atomic mass is 10.1. The normalized spacial score (nSPS) is 11.3. The molecule has 0 aliphatic carbocycles. The molecule has 8 heteroatoms. The third-order valence-corrected chi connectivity index (χ3v) is 3.10. The second-order valence-corrected chi connectivity index (χ2v) is 4.79. The van der Waals surface area contributed by atoms with Crippen molar-refractivity contribution in [3.63, 3.8) is 0 Å². The fourth-order valence-electron chi connectivity index (χ4n) is 1.72. The maximum atomic E-state index is 13.5. The van der Waals surface area contributed by atoms with E-state index in [1.807, 2.05) is 0 Å². The largest absolute Gasteiger partial charge is 0.417 e. The molecule has 2 aromatic rings. The van der Waals surface area contributed by atoms with Crippen LogP contribution >= 0.6 is 11.6 Å². The molecular formula is C14H9ClF4N2O. The van der Waals surface area contributed by atoms with Gasteiger partial charge in [0.2, 0.25) is 0 Å². The van der Waals surface area contributed by atoms with Crippen LogP contribution in [-0.2, 0) is 6.18 Å². The van der Waals surface area contributed by atoms with E-state index < -0.39 is 28.5 Å². The van der Waals surface area contributed by atoms with Crippen LogP contribution in [0.4, 0.5) is 28.9 Å². The number of rotatable bonds is 2. The van der Waals surface area contributed by atoms with Crippen molar-refractivity contribution >= 4 is 28.9 Å². The first kappa shape index (κ1) is 16.1. The van der Waals surface area contributed by atoms with Gasteiger partial charge < -0.3 is 11.1 Å². The number of benzene rings is 2. The smallest absolute Gasteiger partial charge is 0.399 e. The SMILES string of the molecule is Nc1ccc(F)c(NC(=O)c2ccc(Cl)c(C(F)(F)F)c2)c1. The Morgan fingerprint density at radius 1 is 1.14 bits per heavy atom. The van der Waals surface area contributed by atoms with Gasteiger partial charge in [0.1, 0.15) is 5.82 Å². The molecule has 0 aromatic heterocycles. The van der Waals surface area contributed by atoms with Gasteiger partial charge in [-0.15, -0.1) is 0 Å². The maximum absolute atomic E-state index is 13.5. The molecule has 0 heterocycles. The van der Waals surface area contributed by atoms with E-state index in [2.05, 4.69) is 5.32 Å². The zero-order valence-electron chi connectivity index (χ0n) is 10.8. The van der Waals surface area contributed by atoms with Crippen molar-refractivity contribution in [2.75, 3.05) is 11.1 Å². The minimum absolute atomic E-state index is 0.198.